The number of carbonyl (C=O) groups is 1. The molecule has 0 aromatic heterocycles. The summed E-state index contributed by atoms with van der Waals surface area (Å²) < 4.78 is 27.1. The van der Waals surface area contributed by atoms with E-state index in [9.17, 15) is 13.2 Å². The smallest absolute Gasteiger partial charge is 0.244 e. The van der Waals surface area contributed by atoms with Gasteiger partial charge in [0.15, 0.2) is 0 Å². The lowest BCUT2D eigenvalue weighted by molar-refractivity contribution is -0.122. The van der Waals surface area contributed by atoms with Crippen molar-refractivity contribution in [2.24, 2.45) is 11.7 Å². The fourth-order valence-electron chi connectivity index (χ4n) is 3.86. The molecule has 1 aliphatic carbocycles. The molecule has 0 radical (unpaired) electrons. The summed E-state index contributed by atoms with van der Waals surface area (Å²) in [6, 6.07) is 4.59. The van der Waals surface area contributed by atoms with Crippen LogP contribution in [-0.2, 0) is 14.8 Å². The number of sulfonamides is 1. The third-order valence-corrected chi connectivity index (χ3v) is 7.83. The number of benzene rings is 1. The van der Waals surface area contributed by atoms with Gasteiger partial charge in [0.05, 0.1) is 10.9 Å². The van der Waals surface area contributed by atoms with E-state index < -0.39 is 15.6 Å². The van der Waals surface area contributed by atoms with Crippen LogP contribution in [0.2, 0.25) is 5.02 Å². The normalized spacial score (nSPS) is 26.4. The van der Waals surface area contributed by atoms with E-state index in [4.69, 9.17) is 17.3 Å². The molecule has 1 saturated carbocycles. The highest BCUT2D eigenvalue weighted by atomic mass is 35.5. The monoisotopic (exact) mass is 435 g/mol. The van der Waals surface area contributed by atoms with E-state index in [1.165, 1.54) is 16.4 Å². The summed E-state index contributed by atoms with van der Waals surface area (Å²) in [4.78, 5) is 12.7. The Bertz CT molecular complexity index is 793. The van der Waals surface area contributed by atoms with Gasteiger partial charge in [-0.1, -0.05) is 24.4 Å². The number of hydrogen-bond donors (Lipinski definition) is 2. The average molecular weight is 436 g/mol. The second kappa shape index (κ2) is 8.66. The molecule has 2 unspecified atom stereocenters. The number of carbonyl (C=O) groups excluding carboxylic acids is 1. The first-order valence-corrected chi connectivity index (χ1v) is 10.9. The molecule has 1 aliphatic heterocycles. The van der Waals surface area contributed by atoms with Crippen LogP contribution in [0.5, 0.6) is 0 Å². The highest BCUT2D eigenvalue weighted by Gasteiger charge is 2.38. The highest BCUT2D eigenvalue weighted by Crippen LogP contribution is 2.34. The molecular weight excluding hydrogens is 409 g/mol. The fraction of sp³-hybridized carbons (Fsp3) is 0.611. The minimum Gasteiger partial charge on any atom is -0.326 e. The zero-order valence-corrected chi connectivity index (χ0v) is 17.8. The predicted octanol–water partition coefficient (Wildman–Crippen LogP) is 3.39. The molecule has 152 valence electrons. The van der Waals surface area contributed by atoms with Crippen LogP contribution < -0.4 is 11.1 Å². The largest absolute Gasteiger partial charge is 0.326 e. The van der Waals surface area contributed by atoms with Crippen LogP contribution in [0.1, 0.15) is 45.4 Å². The Balaban J connectivity index is 0.00000261. The van der Waals surface area contributed by atoms with Crippen molar-refractivity contribution in [3.63, 3.8) is 0 Å². The van der Waals surface area contributed by atoms with Crippen molar-refractivity contribution in [1.82, 2.24) is 4.31 Å². The van der Waals surface area contributed by atoms with Crippen LogP contribution in [-0.4, -0.2) is 37.3 Å². The molecule has 1 aromatic carbocycles. The predicted molar refractivity (Wildman–Crippen MR) is 110 cm³/mol. The Morgan fingerprint density at radius 2 is 1.93 bits per heavy atom. The van der Waals surface area contributed by atoms with E-state index in [0.29, 0.717) is 18.8 Å². The molecule has 9 heteroatoms. The van der Waals surface area contributed by atoms with Crippen molar-refractivity contribution in [1.29, 1.82) is 0 Å². The van der Waals surface area contributed by atoms with Crippen molar-refractivity contribution < 1.29 is 13.2 Å². The lowest BCUT2D eigenvalue weighted by Gasteiger charge is -2.37. The van der Waals surface area contributed by atoms with E-state index in [0.717, 1.165) is 38.5 Å². The molecule has 1 saturated heterocycles. The number of nitrogens with one attached hydrogen (secondary N) is 1. The average Bonchev–Trinajstić information content (AvgIpc) is 3.11. The van der Waals surface area contributed by atoms with Crippen LogP contribution in [0.3, 0.4) is 0 Å². The van der Waals surface area contributed by atoms with Crippen molar-refractivity contribution in [3.8, 4) is 0 Å². The molecule has 1 heterocycles. The van der Waals surface area contributed by atoms with Crippen LogP contribution >= 0.6 is 24.0 Å². The maximum Gasteiger partial charge on any atom is 0.244 e. The van der Waals surface area contributed by atoms with E-state index in [1.807, 2.05) is 6.92 Å². The molecule has 3 N–H and O–H groups in total. The quantitative estimate of drug-likeness (QED) is 0.757. The van der Waals surface area contributed by atoms with E-state index in [2.05, 4.69) is 5.32 Å². The Hall–Kier alpha value is -0.860. The van der Waals surface area contributed by atoms with Crippen molar-refractivity contribution in [3.05, 3.63) is 23.2 Å². The van der Waals surface area contributed by atoms with Gasteiger partial charge in [0.1, 0.15) is 4.90 Å². The molecule has 2 fully saturated rings. The lowest BCUT2D eigenvalue weighted by atomic mass is 9.74. The van der Waals surface area contributed by atoms with Crippen LogP contribution in [0, 0.1) is 5.92 Å². The number of nitrogens with two attached hydrogens (primary N) is 1. The third-order valence-electron chi connectivity index (χ3n) is 5.45. The molecular formula is C18H27Cl2N3O3S. The highest BCUT2D eigenvalue weighted by molar-refractivity contribution is 7.89. The van der Waals surface area contributed by atoms with Gasteiger partial charge >= 0.3 is 0 Å². The van der Waals surface area contributed by atoms with Gasteiger partial charge < -0.3 is 11.1 Å². The maximum absolute atomic E-state index is 12.8. The first-order chi connectivity index (χ1) is 12.2. The second-order valence-corrected chi connectivity index (χ2v) is 9.86. The molecule has 3 rings (SSSR count). The second-order valence-electron chi connectivity index (χ2n) is 7.55. The molecule has 1 amide bonds. The Labute approximate surface area is 172 Å². The molecule has 2 aliphatic rings. The molecule has 1 aromatic rings. The molecule has 0 bridgehead atoms. The SMILES string of the molecule is CC1(N)CCCCC1C(=O)Nc1ccc(Cl)c(S(=O)(=O)N2CCCC2)c1.Cl. The van der Waals surface area contributed by atoms with Gasteiger partial charge in [-0.25, -0.2) is 8.42 Å². The summed E-state index contributed by atoms with van der Waals surface area (Å²) in [6.07, 6.45) is 5.25. The summed E-state index contributed by atoms with van der Waals surface area (Å²) in [5, 5.41) is 3.00. The van der Waals surface area contributed by atoms with Gasteiger partial charge in [0.25, 0.3) is 0 Å². The number of rotatable bonds is 4. The van der Waals surface area contributed by atoms with Gasteiger partial charge in [0.2, 0.25) is 15.9 Å². The summed E-state index contributed by atoms with van der Waals surface area (Å²) in [5.74, 6) is -0.452. The number of halogens is 2. The molecule has 2 atom stereocenters. The minimum atomic E-state index is -3.65. The van der Waals surface area contributed by atoms with E-state index in [1.54, 1.807) is 6.07 Å². The number of anilines is 1. The summed E-state index contributed by atoms with van der Waals surface area (Å²) in [7, 11) is -3.65. The van der Waals surface area contributed by atoms with E-state index >= 15 is 0 Å². The minimum absolute atomic E-state index is 0. The van der Waals surface area contributed by atoms with Crippen LogP contribution in [0.4, 0.5) is 5.69 Å². The van der Waals surface area contributed by atoms with E-state index in [-0.39, 0.29) is 34.2 Å². The van der Waals surface area contributed by atoms with Crippen LogP contribution in [0.15, 0.2) is 23.1 Å². The summed E-state index contributed by atoms with van der Waals surface area (Å²) >= 11 is 6.15. The zero-order valence-electron chi connectivity index (χ0n) is 15.4. The molecule has 6 nitrogen and oxygen atoms in total. The standard InChI is InChI=1S/C18H26ClN3O3S.ClH/c1-18(20)9-3-2-6-14(18)17(23)21-13-7-8-15(19)16(12-13)26(24,25)22-10-4-5-11-22;/h7-8,12,14H,2-6,9-11,20H2,1H3,(H,21,23);1H. The molecule has 27 heavy (non-hydrogen) atoms. The first-order valence-electron chi connectivity index (χ1n) is 9.11. The molecule has 0 spiro atoms. The van der Waals surface area contributed by atoms with Gasteiger partial charge in [-0.3, -0.25) is 4.79 Å². The Kier molecular flexibility index (Phi) is 7.19. The first kappa shape index (κ1) is 22.4. The fourth-order valence-corrected chi connectivity index (χ4v) is 5.88. The third kappa shape index (κ3) is 4.77. The zero-order chi connectivity index (χ0) is 18.9. The number of nitrogens with zero attached hydrogens (tertiary/aromatic N) is 1. The van der Waals surface area contributed by atoms with Crippen molar-refractivity contribution >= 4 is 45.6 Å². The topological polar surface area (TPSA) is 92.5 Å². The summed E-state index contributed by atoms with van der Waals surface area (Å²) in [6.45, 7) is 2.91. The van der Waals surface area contributed by atoms with Crippen LogP contribution in [0.25, 0.3) is 0 Å². The van der Waals surface area contributed by atoms with Crippen molar-refractivity contribution in [2.45, 2.75) is 55.9 Å². The number of amides is 1. The van der Waals surface area contributed by atoms with Crippen molar-refractivity contribution in [2.75, 3.05) is 18.4 Å². The van der Waals surface area contributed by atoms with Gasteiger partial charge in [0, 0.05) is 24.3 Å². The van der Waals surface area contributed by atoms with Gasteiger partial charge in [-0.2, -0.15) is 4.31 Å². The van der Waals surface area contributed by atoms with Gasteiger partial charge in [-0.15, -0.1) is 12.4 Å². The van der Waals surface area contributed by atoms with Gasteiger partial charge in [-0.05, 0) is 50.8 Å². The number of hydrogen-bond acceptors (Lipinski definition) is 4. The lowest BCUT2D eigenvalue weighted by Crippen LogP contribution is -2.51. The summed E-state index contributed by atoms with van der Waals surface area (Å²) in [5.41, 5.74) is 6.18. The maximum atomic E-state index is 12.8. The Morgan fingerprint density at radius 1 is 1.26 bits per heavy atom. The Morgan fingerprint density at radius 3 is 2.56 bits per heavy atom.